The Morgan fingerprint density at radius 3 is 2.55 bits per heavy atom. The van der Waals surface area contributed by atoms with E-state index in [1.54, 1.807) is 6.92 Å². The average Bonchev–Trinajstić information content (AvgIpc) is 3.20. The maximum absolute atomic E-state index is 13.3. The molecular weight excluding hydrogens is 390 g/mol. The van der Waals surface area contributed by atoms with E-state index < -0.39 is 0 Å². The van der Waals surface area contributed by atoms with Crippen LogP contribution in [0.2, 0.25) is 0 Å². The van der Waals surface area contributed by atoms with Crippen molar-refractivity contribution < 1.29 is 14.3 Å². The number of benzene rings is 2. The van der Waals surface area contributed by atoms with Gasteiger partial charge >= 0.3 is 12.0 Å². The summed E-state index contributed by atoms with van der Waals surface area (Å²) in [6.45, 7) is 4.79. The Morgan fingerprint density at radius 2 is 1.81 bits per heavy atom. The van der Waals surface area contributed by atoms with Crippen LogP contribution in [0, 0.1) is 0 Å². The Hall–Kier alpha value is -3.54. The van der Waals surface area contributed by atoms with Crippen LogP contribution in [-0.2, 0) is 22.5 Å². The summed E-state index contributed by atoms with van der Waals surface area (Å²) in [4.78, 5) is 26.9. The fourth-order valence-corrected chi connectivity index (χ4v) is 4.14. The van der Waals surface area contributed by atoms with Gasteiger partial charge in [0, 0.05) is 17.6 Å². The van der Waals surface area contributed by atoms with Gasteiger partial charge in [0.1, 0.15) is 0 Å². The number of esters is 1. The molecule has 0 fully saturated rings. The number of rotatable bonds is 5. The normalized spacial score (nSPS) is 14.9. The van der Waals surface area contributed by atoms with Crippen molar-refractivity contribution in [2.24, 2.45) is 0 Å². The van der Waals surface area contributed by atoms with E-state index in [-0.39, 0.29) is 24.5 Å². The van der Waals surface area contributed by atoms with E-state index in [2.05, 4.69) is 41.2 Å². The van der Waals surface area contributed by atoms with Gasteiger partial charge in [0.15, 0.2) is 0 Å². The second-order valence-electron chi connectivity index (χ2n) is 7.59. The lowest BCUT2D eigenvalue weighted by atomic mass is 10.1. The van der Waals surface area contributed by atoms with Gasteiger partial charge in [-0.2, -0.15) is 0 Å². The molecule has 6 heteroatoms. The minimum absolute atomic E-state index is 0.0366. The van der Waals surface area contributed by atoms with E-state index in [9.17, 15) is 9.59 Å². The van der Waals surface area contributed by atoms with Crippen molar-refractivity contribution >= 4 is 17.7 Å². The maximum Gasteiger partial charge on any atom is 0.322 e. The molecule has 3 aromatic rings. The molecule has 2 aromatic carbocycles. The van der Waals surface area contributed by atoms with Crippen LogP contribution in [0.4, 0.5) is 10.5 Å². The van der Waals surface area contributed by atoms with Crippen LogP contribution < -0.4 is 5.32 Å². The topological polar surface area (TPSA) is 63.6 Å². The second kappa shape index (κ2) is 9.08. The average molecular weight is 418 g/mol. The van der Waals surface area contributed by atoms with Gasteiger partial charge in [-0.1, -0.05) is 37.3 Å². The fraction of sp³-hybridized carbons (Fsp3) is 0.280. The van der Waals surface area contributed by atoms with Crippen LogP contribution in [0.1, 0.15) is 43.1 Å². The lowest BCUT2D eigenvalue weighted by Gasteiger charge is -2.29. The van der Waals surface area contributed by atoms with Crippen molar-refractivity contribution in [1.29, 1.82) is 0 Å². The first-order valence-electron chi connectivity index (χ1n) is 10.7. The number of hydrogen-bond donors (Lipinski definition) is 1. The summed E-state index contributed by atoms with van der Waals surface area (Å²) in [5.74, 6) is -0.253. The number of carbonyl (C=O) groups is 2. The number of nitrogens with one attached hydrogen (secondary N) is 1. The number of nitrogens with zero attached hydrogens (tertiary/aromatic N) is 2. The molecule has 1 aliphatic rings. The first kappa shape index (κ1) is 20.7. The Kier molecular flexibility index (Phi) is 6.07. The van der Waals surface area contributed by atoms with Gasteiger partial charge in [0.2, 0.25) is 0 Å². The first-order valence-corrected chi connectivity index (χ1v) is 10.7. The summed E-state index contributed by atoms with van der Waals surface area (Å²) >= 11 is 0. The number of carbonyl (C=O) groups excluding carboxylic acids is 2. The molecule has 1 aromatic heterocycles. The summed E-state index contributed by atoms with van der Waals surface area (Å²) in [5.41, 5.74) is 4.87. The molecule has 6 nitrogen and oxygen atoms in total. The quantitative estimate of drug-likeness (QED) is 0.589. The molecule has 31 heavy (non-hydrogen) atoms. The van der Waals surface area contributed by atoms with Crippen LogP contribution in [0.3, 0.4) is 0 Å². The standard InChI is InChI=1S/C25H27N3O3/c1-3-21-23-10-7-15-27(23)22-9-6-5-8-19(22)17-28(21)25(30)26-20-13-11-18(12-14-20)16-24(29)31-4-2/h5-15,21H,3-4,16-17H2,1-2H3,(H,26,30)/t21-/m1/s1. The monoisotopic (exact) mass is 417 g/mol. The zero-order valence-electron chi connectivity index (χ0n) is 17.9. The SMILES string of the molecule is CCOC(=O)Cc1ccc(NC(=O)N2Cc3ccccc3-n3cccc3[C@H]2CC)cc1. The molecule has 4 rings (SSSR count). The number of para-hydroxylation sites is 1. The Balaban J connectivity index is 1.55. The zero-order chi connectivity index (χ0) is 21.8. The number of amides is 2. The van der Waals surface area contributed by atoms with E-state index in [0.29, 0.717) is 18.8 Å². The Labute approximate surface area is 182 Å². The molecule has 2 amide bonds. The summed E-state index contributed by atoms with van der Waals surface area (Å²) in [5, 5.41) is 3.02. The molecule has 1 aliphatic heterocycles. The zero-order valence-corrected chi connectivity index (χ0v) is 17.9. The van der Waals surface area contributed by atoms with Gasteiger partial charge in [-0.05, 0) is 54.8 Å². The predicted molar refractivity (Wildman–Crippen MR) is 120 cm³/mol. The lowest BCUT2D eigenvalue weighted by Crippen LogP contribution is -2.37. The molecule has 1 atom stereocenters. The maximum atomic E-state index is 13.3. The Bertz CT molecular complexity index is 1070. The molecule has 1 N–H and O–H groups in total. The van der Waals surface area contributed by atoms with Crippen molar-refractivity contribution in [2.75, 3.05) is 11.9 Å². The molecule has 0 unspecified atom stereocenters. The van der Waals surface area contributed by atoms with Crippen LogP contribution in [-0.4, -0.2) is 28.1 Å². The van der Waals surface area contributed by atoms with Crippen molar-refractivity contribution in [1.82, 2.24) is 9.47 Å². The number of anilines is 1. The summed E-state index contributed by atoms with van der Waals surface area (Å²) < 4.78 is 7.17. The van der Waals surface area contributed by atoms with Gasteiger partial charge in [0.25, 0.3) is 0 Å². The van der Waals surface area contributed by atoms with Crippen LogP contribution in [0.25, 0.3) is 5.69 Å². The molecule has 160 valence electrons. The molecule has 0 spiro atoms. The smallest absolute Gasteiger partial charge is 0.322 e. The van der Waals surface area contributed by atoms with Gasteiger partial charge in [-0.25, -0.2) is 4.79 Å². The van der Waals surface area contributed by atoms with Crippen molar-refractivity contribution in [2.45, 2.75) is 39.3 Å². The number of aromatic nitrogens is 1. The van der Waals surface area contributed by atoms with Crippen molar-refractivity contribution in [3.05, 3.63) is 83.7 Å². The van der Waals surface area contributed by atoms with Gasteiger partial charge < -0.3 is 19.5 Å². The minimum Gasteiger partial charge on any atom is -0.466 e. The third kappa shape index (κ3) is 4.33. The summed E-state index contributed by atoms with van der Waals surface area (Å²) in [6.07, 6.45) is 3.09. The predicted octanol–water partition coefficient (Wildman–Crippen LogP) is 5.08. The van der Waals surface area contributed by atoms with Crippen LogP contribution in [0.5, 0.6) is 0 Å². The summed E-state index contributed by atoms with van der Waals surface area (Å²) in [6, 6.07) is 19.4. The van der Waals surface area contributed by atoms with Crippen LogP contribution in [0.15, 0.2) is 66.9 Å². The number of hydrogen-bond acceptors (Lipinski definition) is 3. The van der Waals surface area contributed by atoms with Crippen molar-refractivity contribution in [3.63, 3.8) is 0 Å². The highest BCUT2D eigenvalue weighted by Crippen LogP contribution is 2.34. The van der Waals surface area contributed by atoms with Gasteiger partial charge in [-0.15, -0.1) is 0 Å². The lowest BCUT2D eigenvalue weighted by molar-refractivity contribution is -0.142. The highest BCUT2D eigenvalue weighted by Gasteiger charge is 2.30. The molecule has 0 saturated carbocycles. The minimum atomic E-state index is -0.253. The molecule has 2 heterocycles. The molecular formula is C25H27N3O3. The third-order valence-corrected chi connectivity index (χ3v) is 5.60. The second-order valence-corrected chi connectivity index (χ2v) is 7.59. The molecule has 0 saturated heterocycles. The summed E-state index contributed by atoms with van der Waals surface area (Å²) in [7, 11) is 0. The highest BCUT2D eigenvalue weighted by atomic mass is 16.5. The third-order valence-electron chi connectivity index (χ3n) is 5.60. The van der Waals surface area contributed by atoms with E-state index in [0.717, 1.165) is 28.9 Å². The van der Waals surface area contributed by atoms with Crippen molar-refractivity contribution in [3.8, 4) is 5.69 Å². The van der Waals surface area contributed by atoms with E-state index >= 15 is 0 Å². The van der Waals surface area contributed by atoms with E-state index in [1.165, 1.54) is 0 Å². The van der Waals surface area contributed by atoms with Gasteiger partial charge in [0.05, 0.1) is 31.3 Å². The molecule has 0 radical (unpaired) electrons. The number of ether oxygens (including phenoxy) is 1. The largest absolute Gasteiger partial charge is 0.466 e. The first-order chi connectivity index (χ1) is 15.1. The number of urea groups is 1. The van der Waals surface area contributed by atoms with E-state index in [4.69, 9.17) is 4.74 Å². The molecule has 0 bridgehead atoms. The van der Waals surface area contributed by atoms with Crippen LogP contribution >= 0.6 is 0 Å². The Morgan fingerprint density at radius 1 is 1.03 bits per heavy atom. The van der Waals surface area contributed by atoms with Gasteiger partial charge in [-0.3, -0.25) is 4.79 Å². The number of fused-ring (bicyclic) bond motifs is 3. The molecule has 0 aliphatic carbocycles. The highest BCUT2D eigenvalue weighted by molar-refractivity contribution is 5.90. The fourth-order valence-electron chi connectivity index (χ4n) is 4.14. The van der Waals surface area contributed by atoms with E-state index in [1.807, 2.05) is 47.4 Å².